The Morgan fingerprint density at radius 2 is 2.23 bits per heavy atom. The summed E-state index contributed by atoms with van der Waals surface area (Å²) in [7, 11) is 0. The van der Waals surface area contributed by atoms with Gasteiger partial charge in [0.1, 0.15) is 11.5 Å². The second kappa shape index (κ2) is 11.0. The predicted molar refractivity (Wildman–Crippen MR) is 106 cm³/mol. The van der Waals surface area contributed by atoms with Crippen molar-refractivity contribution in [2.75, 3.05) is 25.1 Å². The summed E-state index contributed by atoms with van der Waals surface area (Å²) in [4.78, 5) is 16.1. The first-order valence-corrected chi connectivity index (χ1v) is 8.00. The fourth-order valence-electron chi connectivity index (χ4n) is 2.56. The van der Waals surface area contributed by atoms with Gasteiger partial charge in [0.15, 0.2) is 0 Å². The number of carbonyl (C=O) groups excluding carboxylic acids is 1. The SMILES string of the molecule is Cc1cc(NC(=O)CC2COCCN2)ccc1Oc1cccnc1.Cl.Cl. The number of ether oxygens (including phenoxy) is 2. The van der Waals surface area contributed by atoms with Crippen LogP contribution in [0.2, 0.25) is 0 Å². The molecule has 1 atom stereocenters. The normalized spacial score (nSPS) is 16.0. The van der Waals surface area contributed by atoms with E-state index in [4.69, 9.17) is 9.47 Å². The number of aromatic nitrogens is 1. The Bertz CT molecular complexity index is 695. The smallest absolute Gasteiger partial charge is 0.226 e. The van der Waals surface area contributed by atoms with Gasteiger partial charge in [0.05, 0.1) is 19.4 Å². The van der Waals surface area contributed by atoms with E-state index in [2.05, 4.69) is 15.6 Å². The van der Waals surface area contributed by atoms with Gasteiger partial charge in [-0.05, 0) is 42.8 Å². The molecule has 142 valence electrons. The molecule has 1 aromatic heterocycles. The molecule has 2 heterocycles. The van der Waals surface area contributed by atoms with E-state index in [0.717, 1.165) is 23.5 Å². The molecule has 1 unspecified atom stereocenters. The maximum atomic E-state index is 12.1. The third-order valence-electron chi connectivity index (χ3n) is 3.75. The molecule has 2 aromatic rings. The van der Waals surface area contributed by atoms with Gasteiger partial charge >= 0.3 is 0 Å². The standard InChI is InChI=1S/C18H21N3O3.2ClH/c1-13-9-14(21-18(22)10-15-12-23-8-7-20-15)4-5-17(13)24-16-3-2-6-19-11-16;;/h2-6,9,11,15,20H,7-8,10,12H2,1H3,(H,21,22);2*1H. The second-order valence-corrected chi connectivity index (χ2v) is 5.75. The molecule has 1 aliphatic rings. The first-order valence-electron chi connectivity index (χ1n) is 8.00. The molecule has 0 aliphatic carbocycles. The number of aryl methyl sites for hydroxylation is 1. The number of rotatable bonds is 5. The third-order valence-corrected chi connectivity index (χ3v) is 3.75. The molecule has 1 fully saturated rings. The summed E-state index contributed by atoms with van der Waals surface area (Å²) in [5.74, 6) is 1.39. The molecule has 8 heteroatoms. The van der Waals surface area contributed by atoms with Crippen LogP contribution in [0.5, 0.6) is 11.5 Å². The summed E-state index contributed by atoms with van der Waals surface area (Å²) in [5.41, 5.74) is 1.70. The molecule has 0 saturated carbocycles. The molecular formula is C18H23Cl2N3O3. The maximum Gasteiger partial charge on any atom is 0.226 e. The van der Waals surface area contributed by atoms with E-state index < -0.39 is 0 Å². The lowest BCUT2D eigenvalue weighted by molar-refractivity contribution is -0.117. The predicted octanol–water partition coefficient (Wildman–Crippen LogP) is 3.34. The molecular weight excluding hydrogens is 377 g/mol. The average Bonchev–Trinajstić information content (AvgIpc) is 2.59. The number of halogens is 2. The lowest BCUT2D eigenvalue weighted by atomic mass is 10.1. The van der Waals surface area contributed by atoms with Crippen LogP contribution in [0.4, 0.5) is 5.69 Å². The van der Waals surface area contributed by atoms with Gasteiger partial charge in [-0.15, -0.1) is 24.8 Å². The van der Waals surface area contributed by atoms with Gasteiger partial charge in [-0.1, -0.05) is 0 Å². The largest absolute Gasteiger partial charge is 0.455 e. The van der Waals surface area contributed by atoms with Crippen molar-refractivity contribution in [3.63, 3.8) is 0 Å². The van der Waals surface area contributed by atoms with Crippen LogP contribution < -0.4 is 15.4 Å². The number of hydrogen-bond donors (Lipinski definition) is 2. The zero-order chi connectivity index (χ0) is 16.8. The summed E-state index contributed by atoms with van der Waals surface area (Å²) >= 11 is 0. The second-order valence-electron chi connectivity index (χ2n) is 5.75. The summed E-state index contributed by atoms with van der Waals surface area (Å²) < 4.78 is 11.1. The van der Waals surface area contributed by atoms with Crippen molar-refractivity contribution < 1.29 is 14.3 Å². The Morgan fingerprint density at radius 1 is 1.38 bits per heavy atom. The molecule has 2 N–H and O–H groups in total. The highest BCUT2D eigenvalue weighted by molar-refractivity contribution is 5.91. The van der Waals surface area contributed by atoms with E-state index in [0.29, 0.717) is 25.4 Å². The zero-order valence-corrected chi connectivity index (χ0v) is 16.1. The van der Waals surface area contributed by atoms with Crippen molar-refractivity contribution in [2.45, 2.75) is 19.4 Å². The Labute approximate surface area is 165 Å². The minimum atomic E-state index is -0.0293. The summed E-state index contributed by atoms with van der Waals surface area (Å²) in [6.07, 6.45) is 3.76. The number of morpholine rings is 1. The molecule has 1 aromatic carbocycles. The van der Waals surface area contributed by atoms with Crippen molar-refractivity contribution in [3.8, 4) is 11.5 Å². The number of hydrogen-bond acceptors (Lipinski definition) is 5. The van der Waals surface area contributed by atoms with Crippen LogP contribution in [0.15, 0.2) is 42.7 Å². The number of pyridine rings is 1. The Morgan fingerprint density at radius 3 is 2.88 bits per heavy atom. The van der Waals surface area contributed by atoms with Crippen LogP contribution in [-0.2, 0) is 9.53 Å². The van der Waals surface area contributed by atoms with Crippen LogP contribution >= 0.6 is 24.8 Å². The number of benzene rings is 1. The Kier molecular flexibility index (Phi) is 9.37. The van der Waals surface area contributed by atoms with Crippen LogP contribution in [0.3, 0.4) is 0 Å². The van der Waals surface area contributed by atoms with E-state index in [1.807, 2.05) is 37.3 Å². The zero-order valence-electron chi connectivity index (χ0n) is 14.4. The molecule has 0 spiro atoms. The first-order chi connectivity index (χ1) is 11.7. The van der Waals surface area contributed by atoms with Gasteiger partial charge in [-0.25, -0.2) is 0 Å². The molecule has 1 amide bonds. The Balaban J connectivity index is 0.00000169. The minimum absolute atomic E-state index is 0. The van der Waals surface area contributed by atoms with Crippen LogP contribution in [0.1, 0.15) is 12.0 Å². The topological polar surface area (TPSA) is 72.5 Å². The molecule has 0 radical (unpaired) electrons. The molecule has 6 nitrogen and oxygen atoms in total. The van der Waals surface area contributed by atoms with E-state index in [-0.39, 0.29) is 36.8 Å². The molecule has 1 saturated heterocycles. The maximum absolute atomic E-state index is 12.1. The van der Waals surface area contributed by atoms with E-state index >= 15 is 0 Å². The highest BCUT2D eigenvalue weighted by Crippen LogP contribution is 2.26. The minimum Gasteiger partial charge on any atom is -0.455 e. The van der Waals surface area contributed by atoms with Crippen LogP contribution in [0.25, 0.3) is 0 Å². The van der Waals surface area contributed by atoms with Crippen molar-refractivity contribution in [2.24, 2.45) is 0 Å². The van der Waals surface area contributed by atoms with Crippen LogP contribution in [0, 0.1) is 6.92 Å². The molecule has 1 aliphatic heterocycles. The van der Waals surface area contributed by atoms with Crippen LogP contribution in [-0.4, -0.2) is 36.7 Å². The fourth-order valence-corrected chi connectivity index (χ4v) is 2.56. The summed E-state index contributed by atoms with van der Waals surface area (Å²) in [6.45, 7) is 4.01. The fraction of sp³-hybridized carbons (Fsp3) is 0.333. The van der Waals surface area contributed by atoms with Gasteiger partial charge in [0, 0.05) is 30.9 Å². The van der Waals surface area contributed by atoms with Gasteiger partial charge in [0.25, 0.3) is 0 Å². The van der Waals surface area contributed by atoms with E-state index in [1.165, 1.54) is 0 Å². The van der Waals surface area contributed by atoms with Crippen molar-refractivity contribution in [1.29, 1.82) is 0 Å². The van der Waals surface area contributed by atoms with E-state index in [9.17, 15) is 4.79 Å². The highest BCUT2D eigenvalue weighted by atomic mass is 35.5. The van der Waals surface area contributed by atoms with Crippen molar-refractivity contribution in [1.82, 2.24) is 10.3 Å². The van der Waals surface area contributed by atoms with Gasteiger partial charge in [0.2, 0.25) is 5.91 Å². The average molecular weight is 400 g/mol. The number of amides is 1. The summed E-state index contributed by atoms with van der Waals surface area (Å²) in [6, 6.07) is 9.33. The number of anilines is 1. The van der Waals surface area contributed by atoms with Gasteiger partial charge in [-0.3, -0.25) is 9.78 Å². The lowest BCUT2D eigenvalue weighted by Crippen LogP contribution is -2.43. The number of nitrogens with one attached hydrogen (secondary N) is 2. The molecule has 3 rings (SSSR count). The lowest BCUT2D eigenvalue weighted by Gasteiger charge is -2.23. The molecule has 26 heavy (non-hydrogen) atoms. The third kappa shape index (κ3) is 6.46. The van der Waals surface area contributed by atoms with E-state index in [1.54, 1.807) is 12.4 Å². The highest BCUT2D eigenvalue weighted by Gasteiger charge is 2.17. The van der Waals surface area contributed by atoms with Gasteiger partial charge < -0.3 is 20.1 Å². The summed E-state index contributed by atoms with van der Waals surface area (Å²) in [5, 5.41) is 6.19. The first kappa shape index (κ1) is 22.2. The quantitative estimate of drug-likeness (QED) is 0.806. The monoisotopic (exact) mass is 399 g/mol. The van der Waals surface area contributed by atoms with Gasteiger partial charge in [-0.2, -0.15) is 0 Å². The molecule has 0 bridgehead atoms. The number of carbonyl (C=O) groups is 1. The van der Waals surface area contributed by atoms with Crippen molar-refractivity contribution in [3.05, 3.63) is 48.3 Å². The van der Waals surface area contributed by atoms with Crippen molar-refractivity contribution >= 4 is 36.4 Å². The number of nitrogens with zero attached hydrogens (tertiary/aromatic N) is 1. The Hall–Kier alpha value is -1.86.